The van der Waals surface area contributed by atoms with Gasteiger partial charge in [0.25, 0.3) is 0 Å². The van der Waals surface area contributed by atoms with Crippen LogP contribution in [-0.4, -0.2) is 23.0 Å². The molecule has 1 aliphatic rings. The highest BCUT2D eigenvalue weighted by atomic mass is 15.1. The van der Waals surface area contributed by atoms with Crippen molar-refractivity contribution >= 4 is 10.9 Å². The molecule has 3 rings (SSSR count). The maximum absolute atomic E-state index is 9.59. The summed E-state index contributed by atoms with van der Waals surface area (Å²) in [5.74, 6) is 0. The van der Waals surface area contributed by atoms with E-state index in [1.54, 1.807) is 6.20 Å². The first kappa shape index (κ1) is 13.1. The van der Waals surface area contributed by atoms with Gasteiger partial charge >= 0.3 is 0 Å². The van der Waals surface area contributed by atoms with E-state index < -0.39 is 0 Å². The lowest BCUT2D eigenvalue weighted by atomic mass is 10.0. The van der Waals surface area contributed by atoms with Crippen LogP contribution in [0.2, 0.25) is 0 Å². The second-order valence-electron chi connectivity index (χ2n) is 5.44. The molecule has 0 spiro atoms. The first-order chi connectivity index (χ1) is 9.88. The van der Waals surface area contributed by atoms with Gasteiger partial charge in [-0.1, -0.05) is 25.0 Å². The molecule has 3 nitrogen and oxygen atoms in total. The largest absolute Gasteiger partial charge is 0.284 e. The van der Waals surface area contributed by atoms with E-state index in [0.29, 0.717) is 0 Å². The van der Waals surface area contributed by atoms with Crippen LogP contribution in [0.4, 0.5) is 0 Å². The van der Waals surface area contributed by atoms with Crippen molar-refractivity contribution in [1.82, 2.24) is 9.88 Å². The van der Waals surface area contributed by atoms with Gasteiger partial charge in [-0.2, -0.15) is 5.26 Å². The zero-order chi connectivity index (χ0) is 13.8. The lowest BCUT2D eigenvalue weighted by Gasteiger charge is -2.25. The maximum atomic E-state index is 9.59. The highest BCUT2D eigenvalue weighted by Crippen LogP contribution is 2.26. The van der Waals surface area contributed by atoms with E-state index in [0.717, 1.165) is 29.6 Å². The third kappa shape index (κ3) is 2.66. The van der Waals surface area contributed by atoms with Crippen LogP contribution < -0.4 is 0 Å². The Kier molecular flexibility index (Phi) is 3.94. The summed E-state index contributed by atoms with van der Waals surface area (Å²) in [6, 6.07) is 12.5. The molecule has 0 saturated carbocycles. The van der Waals surface area contributed by atoms with Crippen LogP contribution in [0.3, 0.4) is 0 Å². The summed E-state index contributed by atoms with van der Waals surface area (Å²) in [6.45, 7) is 2.06. The molecule has 0 N–H and O–H groups in total. The Morgan fingerprint density at radius 3 is 2.65 bits per heavy atom. The summed E-state index contributed by atoms with van der Waals surface area (Å²) in [5, 5.41) is 10.7. The number of aromatic nitrogens is 1. The average Bonchev–Trinajstić information content (AvgIpc) is 2.77. The predicted molar refractivity (Wildman–Crippen MR) is 80.1 cm³/mol. The second-order valence-corrected chi connectivity index (χ2v) is 5.44. The Morgan fingerprint density at radius 2 is 1.90 bits per heavy atom. The van der Waals surface area contributed by atoms with Crippen molar-refractivity contribution in [1.29, 1.82) is 5.26 Å². The van der Waals surface area contributed by atoms with Crippen LogP contribution in [-0.2, 0) is 0 Å². The molecule has 1 aromatic heterocycles. The number of nitrogens with zero attached hydrogens (tertiary/aromatic N) is 3. The van der Waals surface area contributed by atoms with Gasteiger partial charge in [0.1, 0.15) is 6.04 Å². The van der Waals surface area contributed by atoms with E-state index in [-0.39, 0.29) is 6.04 Å². The molecule has 102 valence electrons. The molecule has 1 saturated heterocycles. The average molecular weight is 265 g/mol. The number of likely N-dealkylation sites (tertiary alicyclic amines) is 1. The van der Waals surface area contributed by atoms with E-state index in [9.17, 15) is 5.26 Å². The molecule has 1 aromatic carbocycles. The maximum Gasteiger partial charge on any atom is 0.123 e. The lowest BCUT2D eigenvalue weighted by molar-refractivity contribution is 0.246. The summed E-state index contributed by atoms with van der Waals surface area (Å²) in [4.78, 5) is 6.66. The lowest BCUT2D eigenvalue weighted by Crippen LogP contribution is -2.28. The molecule has 1 aliphatic heterocycles. The van der Waals surface area contributed by atoms with Crippen LogP contribution >= 0.6 is 0 Å². The van der Waals surface area contributed by atoms with Crippen molar-refractivity contribution in [3.63, 3.8) is 0 Å². The summed E-state index contributed by atoms with van der Waals surface area (Å²) >= 11 is 0. The molecule has 20 heavy (non-hydrogen) atoms. The molecule has 2 aromatic rings. The van der Waals surface area contributed by atoms with Gasteiger partial charge in [-0.25, -0.2) is 0 Å². The molecule has 0 bridgehead atoms. The van der Waals surface area contributed by atoms with Gasteiger partial charge in [-0.3, -0.25) is 9.88 Å². The SMILES string of the molecule is N#CC(c1ccc2ncccc2c1)N1CCCCCC1. The summed E-state index contributed by atoms with van der Waals surface area (Å²) in [6.07, 6.45) is 6.78. The molecule has 1 fully saturated rings. The summed E-state index contributed by atoms with van der Waals surface area (Å²) in [5.41, 5.74) is 2.08. The molecule has 0 amide bonds. The molecule has 1 atom stereocenters. The van der Waals surface area contributed by atoms with Gasteiger partial charge in [0.2, 0.25) is 0 Å². The minimum absolute atomic E-state index is 0.127. The van der Waals surface area contributed by atoms with Crippen LogP contribution in [0.1, 0.15) is 37.3 Å². The van der Waals surface area contributed by atoms with Crippen molar-refractivity contribution in [3.8, 4) is 6.07 Å². The van der Waals surface area contributed by atoms with Crippen molar-refractivity contribution in [2.75, 3.05) is 13.1 Å². The van der Waals surface area contributed by atoms with Crippen LogP contribution in [0.5, 0.6) is 0 Å². The van der Waals surface area contributed by atoms with Gasteiger partial charge in [-0.05, 0) is 49.7 Å². The Morgan fingerprint density at radius 1 is 1.10 bits per heavy atom. The Bertz CT molecular complexity index is 621. The van der Waals surface area contributed by atoms with Crippen LogP contribution in [0.15, 0.2) is 36.5 Å². The van der Waals surface area contributed by atoms with E-state index >= 15 is 0 Å². The Labute approximate surface area is 119 Å². The molecular weight excluding hydrogens is 246 g/mol. The smallest absolute Gasteiger partial charge is 0.123 e. The third-order valence-electron chi connectivity index (χ3n) is 4.07. The van der Waals surface area contributed by atoms with E-state index in [2.05, 4.69) is 28.1 Å². The molecule has 2 heterocycles. The molecule has 1 unspecified atom stereocenters. The fourth-order valence-corrected chi connectivity index (χ4v) is 2.98. The third-order valence-corrected chi connectivity index (χ3v) is 4.07. The molecule has 0 aliphatic carbocycles. The van der Waals surface area contributed by atoms with Crippen molar-refractivity contribution < 1.29 is 0 Å². The number of hydrogen-bond donors (Lipinski definition) is 0. The van der Waals surface area contributed by atoms with Crippen molar-refractivity contribution in [2.45, 2.75) is 31.7 Å². The van der Waals surface area contributed by atoms with Crippen molar-refractivity contribution in [2.24, 2.45) is 0 Å². The normalized spacial score (nSPS) is 18.4. The topological polar surface area (TPSA) is 39.9 Å². The van der Waals surface area contributed by atoms with Crippen LogP contribution in [0.25, 0.3) is 10.9 Å². The number of rotatable bonds is 2. The summed E-state index contributed by atoms with van der Waals surface area (Å²) in [7, 11) is 0. The van der Waals surface area contributed by atoms with Crippen molar-refractivity contribution in [3.05, 3.63) is 42.1 Å². The highest BCUT2D eigenvalue weighted by molar-refractivity contribution is 5.79. The monoisotopic (exact) mass is 265 g/mol. The number of nitriles is 1. The minimum Gasteiger partial charge on any atom is -0.284 e. The van der Waals surface area contributed by atoms with Gasteiger partial charge in [-0.15, -0.1) is 0 Å². The predicted octanol–water partition coefficient (Wildman–Crippen LogP) is 3.68. The Balaban J connectivity index is 1.92. The van der Waals surface area contributed by atoms with Crippen LogP contribution in [0, 0.1) is 11.3 Å². The number of pyridine rings is 1. The highest BCUT2D eigenvalue weighted by Gasteiger charge is 2.21. The molecular formula is C17H19N3. The standard InChI is InChI=1S/C17H19N3/c18-13-17(20-10-3-1-2-4-11-20)15-7-8-16-14(12-15)6-5-9-19-16/h5-9,12,17H,1-4,10-11H2. The van der Waals surface area contributed by atoms with E-state index in [1.807, 2.05) is 18.2 Å². The van der Waals surface area contributed by atoms with Gasteiger partial charge in [0, 0.05) is 11.6 Å². The first-order valence-electron chi connectivity index (χ1n) is 7.37. The zero-order valence-corrected chi connectivity index (χ0v) is 11.6. The number of hydrogen-bond acceptors (Lipinski definition) is 3. The second kappa shape index (κ2) is 6.02. The number of fused-ring (bicyclic) bond motifs is 1. The fourth-order valence-electron chi connectivity index (χ4n) is 2.98. The van der Waals surface area contributed by atoms with E-state index in [1.165, 1.54) is 25.7 Å². The van der Waals surface area contributed by atoms with Gasteiger partial charge in [0.15, 0.2) is 0 Å². The number of benzene rings is 1. The quantitative estimate of drug-likeness (QED) is 0.831. The fraction of sp³-hybridized carbons (Fsp3) is 0.412. The zero-order valence-electron chi connectivity index (χ0n) is 11.6. The molecule has 0 radical (unpaired) electrons. The first-order valence-corrected chi connectivity index (χ1v) is 7.37. The summed E-state index contributed by atoms with van der Waals surface area (Å²) < 4.78 is 0. The van der Waals surface area contributed by atoms with Gasteiger partial charge < -0.3 is 0 Å². The minimum atomic E-state index is -0.127. The molecule has 3 heteroatoms. The van der Waals surface area contributed by atoms with E-state index in [4.69, 9.17) is 0 Å². The van der Waals surface area contributed by atoms with Gasteiger partial charge in [0.05, 0.1) is 11.6 Å². The Hall–Kier alpha value is -1.92.